The van der Waals surface area contributed by atoms with Crippen molar-refractivity contribution < 1.29 is 23.0 Å². The Bertz CT molecular complexity index is 1740. The number of phenolic OH excluding ortho intramolecular Hbond substituents is 1. The summed E-state index contributed by atoms with van der Waals surface area (Å²) in [6.07, 6.45) is 11.6. The quantitative estimate of drug-likeness (QED) is 0.210. The number of thioether (sulfide) groups is 1. The number of pyridine rings is 1. The predicted molar refractivity (Wildman–Crippen MR) is 152 cm³/mol. The lowest BCUT2D eigenvalue weighted by molar-refractivity contribution is 0.107. The molecule has 1 aliphatic carbocycles. The number of aromatic hydroxyl groups is 1. The number of phenols is 1. The van der Waals surface area contributed by atoms with Crippen molar-refractivity contribution in [3.63, 3.8) is 0 Å². The minimum atomic E-state index is -0.901. The Balaban J connectivity index is 1.35. The Morgan fingerprint density at radius 3 is 2.83 bits per heavy atom. The van der Waals surface area contributed by atoms with E-state index in [-0.39, 0.29) is 46.1 Å². The van der Waals surface area contributed by atoms with Gasteiger partial charge in [0.2, 0.25) is 0 Å². The molecule has 6 nitrogen and oxygen atoms in total. The van der Waals surface area contributed by atoms with Crippen LogP contribution in [-0.4, -0.2) is 61.6 Å². The van der Waals surface area contributed by atoms with Gasteiger partial charge >= 0.3 is 6.01 Å². The molecule has 0 radical (unpaired) electrons. The van der Waals surface area contributed by atoms with Crippen molar-refractivity contribution >= 4 is 33.4 Å². The lowest BCUT2D eigenvalue weighted by Gasteiger charge is -2.31. The van der Waals surface area contributed by atoms with Gasteiger partial charge in [-0.2, -0.15) is 9.97 Å². The molecule has 1 N–H and O–H groups in total. The first-order valence-corrected chi connectivity index (χ1v) is 14.7. The Kier molecular flexibility index (Phi) is 6.47. The summed E-state index contributed by atoms with van der Waals surface area (Å²) in [6.45, 7) is 1.44. The van der Waals surface area contributed by atoms with Crippen LogP contribution in [0.3, 0.4) is 0 Å². The van der Waals surface area contributed by atoms with Crippen LogP contribution in [0, 0.1) is 24.0 Å². The second-order valence-corrected chi connectivity index (χ2v) is 12.5. The van der Waals surface area contributed by atoms with E-state index in [4.69, 9.17) is 11.2 Å². The second kappa shape index (κ2) is 10.1. The number of rotatable bonds is 6. The first-order chi connectivity index (χ1) is 19.8. The number of halogens is 3. The number of aromatic nitrogens is 3. The van der Waals surface area contributed by atoms with Crippen LogP contribution in [0.15, 0.2) is 35.5 Å². The third-order valence-electron chi connectivity index (χ3n) is 8.64. The summed E-state index contributed by atoms with van der Waals surface area (Å²) >= 11 is 1.55. The maximum Gasteiger partial charge on any atom is 0.318 e. The number of hydrogen-bond donors (Lipinski definition) is 1. The zero-order valence-electron chi connectivity index (χ0n) is 22.2. The Morgan fingerprint density at radius 1 is 1.20 bits per heavy atom. The van der Waals surface area contributed by atoms with Crippen molar-refractivity contribution in [3.05, 3.63) is 47.7 Å². The van der Waals surface area contributed by atoms with Gasteiger partial charge in [0.25, 0.3) is 0 Å². The molecule has 0 amide bonds. The summed E-state index contributed by atoms with van der Waals surface area (Å²) in [4.78, 5) is 15.7. The van der Waals surface area contributed by atoms with Crippen LogP contribution in [0.2, 0.25) is 0 Å². The Morgan fingerprint density at radius 2 is 2.05 bits per heavy atom. The van der Waals surface area contributed by atoms with Crippen molar-refractivity contribution in [2.24, 2.45) is 0 Å². The van der Waals surface area contributed by atoms with E-state index in [1.165, 1.54) is 30.5 Å². The molecular formula is C31H27F3N4O2S. The average molecular weight is 577 g/mol. The maximum atomic E-state index is 16.4. The highest BCUT2D eigenvalue weighted by molar-refractivity contribution is 8.00. The monoisotopic (exact) mass is 576 g/mol. The summed E-state index contributed by atoms with van der Waals surface area (Å²) in [5, 5.41) is 12.5. The van der Waals surface area contributed by atoms with Crippen molar-refractivity contribution in [2.45, 2.75) is 60.5 Å². The number of nitrogens with zero attached hydrogens (tertiary/aromatic N) is 4. The number of terminal acetylenes is 1. The lowest BCUT2D eigenvalue weighted by Crippen LogP contribution is -2.43. The lowest BCUT2D eigenvalue weighted by atomic mass is 9.95. The van der Waals surface area contributed by atoms with Gasteiger partial charge in [-0.3, -0.25) is 9.88 Å². The number of hydrogen-bond acceptors (Lipinski definition) is 7. The van der Waals surface area contributed by atoms with Crippen LogP contribution >= 0.6 is 11.8 Å². The third kappa shape index (κ3) is 4.46. The van der Waals surface area contributed by atoms with Crippen LogP contribution in [0.1, 0.15) is 44.1 Å². The molecular weight excluding hydrogens is 549 g/mol. The molecule has 4 heterocycles. The highest BCUT2D eigenvalue weighted by atomic mass is 32.2. The molecule has 3 fully saturated rings. The van der Waals surface area contributed by atoms with Crippen LogP contribution in [0.4, 0.5) is 13.2 Å². The summed E-state index contributed by atoms with van der Waals surface area (Å²) in [5.74, 6) is 0.829. The van der Waals surface area contributed by atoms with Crippen LogP contribution in [-0.2, 0) is 0 Å². The number of alkyl halides is 1. The minimum Gasteiger partial charge on any atom is -0.508 e. The van der Waals surface area contributed by atoms with Gasteiger partial charge in [-0.15, -0.1) is 18.2 Å². The largest absolute Gasteiger partial charge is 0.508 e. The Hall–Kier alpha value is -3.55. The van der Waals surface area contributed by atoms with E-state index in [1.54, 1.807) is 11.8 Å². The minimum absolute atomic E-state index is 0.00699. The van der Waals surface area contributed by atoms with Gasteiger partial charge in [-0.1, -0.05) is 18.4 Å². The molecule has 10 heteroatoms. The van der Waals surface area contributed by atoms with Crippen molar-refractivity contribution in [1.82, 2.24) is 19.9 Å². The second-order valence-electron chi connectivity index (χ2n) is 11.2. The normalized spacial score (nSPS) is 22.6. The summed E-state index contributed by atoms with van der Waals surface area (Å²) < 4.78 is 51.6. The fourth-order valence-electron chi connectivity index (χ4n) is 6.40. The van der Waals surface area contributed by atoms with Gasteiger partial charge in [-0.25, -0.2) is 13.2 Å². The summed E-state index contributed by atoms with van der Waals surface area (Å²) in [5.41, 5.74) is -0.415. The molecule has 41 heavy (non-hydrogen) atoms. The molecule has 2 aliphatic heterocycles. The summed E-state index contributed by atoms with van der Waals surface area (Å²) in [7, 11) is 0. The third-order valence-corrected chi connectivity index (χ3v) is 9.98. The Labute approximate surface area is 239 Å². The molecule has 3 aliphatic rings. The van der Waals surface area contributed by atoms with E-state index in [0.717, 1.165) is 38.6 Å². The highest BCUT2D eigenvalue weighted by Crippen LogP contribution is 2.43. The van der Waals surface area contributed by atoms with Crippen LogP contribution in [0.25, 0.3) is 32.9 Å². The number of ether oxygens (including phenoxy) is 1. The first-order valence-electron chi connectivity index (χ1n) is 13.8. The fraction of sp³-hybridized carbons (Fsp3) is 0.387. The van der Waals surface area contributed by atoms with E-state index < -0.39 is 23.3 Å². The topological polar surface area (TPSA) is 71.4 Å². The molecule has 0 unspecified atom stereocenters. The summed E-state index contributed by atoms with van der Waals surface area (Å²) in [6, 6.07) is 5.48. The smallest absolute Gasteiger partial charge is 0.318 e. The molecule has 0 spiro atoms. The fourth-order valence-corrected chi connectivity index (χ4v) is 7.69. The van der Waals surface area contributed by atoms with E-state index in [1.807, 2.05) is 0 Å². The van der Waals surface area contributed by atoms with Crippen molar-refractivity contribution in [2.75, 3.05) is 19.7 Å². The van der Waals surface area contributed by atoms with Gasteiger partial charge in [0, 0.05) is 35.4 Å². The zero-order valence-corrected chi connectivity index (χ0v) is 23.0. The first kappa shape index (κ1) is 26.4. The standard InChI is InChI=1S/C31H27F3N4O2S/c1-2-21-24(33)8-7-17-11-19(39)12-22(25(17)21)27-26(34)28-23(14-35-27)29(41-20-5-3-6-20)37-30(36-28)40-16-31-9-4-10-38(31)15-18(32)13-31/h1,7-8,11-12,14,18,20,39H,3-6,9-10,13,15-16H2/t18-,31+/m1/s1. The highest BCUT2D eigenvalue weighted by Gasteiger charge is 2.49. The van der Waals surface area contributed by atoms with Gasteiger partial charge in [0.05, 0.1) is 16.5 Å². The van der Waals surface area contributed by atoms with Crippen molar-refractivity contribution in [1.29, 1.82) is 0 Å². The molecule has 2 saturated heterocycles. The zero-order chi connectivity index (χ0) is 28.3. The number of fused-ring (bicyclic) bond motifs is 3. The van der Waals surface area contributed by atoms with Gasteiger partial charge in [0.1, 0.15) is 40.6 Å². The van der Waals surface area contributed by atoms with E-state index in [9.17, 15) is 13.9 Å². The molecule has 210 valence electrons. The molecule has 2 aromatic carbocycles. The number of benzene rings is 2. The average Bonchev–Trinajstić information content (AvgIpc) is 3.45. The molecule has 4 aromatic rings. The van der Waals surface area contributed by atoms with E-state index in [2.05, 4.69) is 25.8 Å². The van der Waals surface area contributed by atoms with Gasteiger partial charge in [0.15, 0.2) is 5.82 Å². The van der Waals surface area contributed by atoms with E-state index in [0.29, 0.717) is 34.0 Å². The SMILES string of the molecule is C#Cc1c(F)ccc2cc(O)cc(-c3ncc4c(SC5CCC5)nc(OC[C@@]56CCCN5C[C@H](F)C6)nc4c3F)c12. The molecule has 2 aromatic heterocycles. The molecule has 2 atom stereocenters. The van der Waals surface area contributed by atoms with Gasteiger partial charge < -0.3 is 9.84 Å². The molecule has 7 rings (SSSR count). The van der Waals surface area contributed by atoms with Crippen LogP contribution in [0.5, 0.6) is 11.8 Å². The molecule has 1 saturated carbocycles. The molecule has 0 bridgehead atoms. The predicted octanol–water partition coefficient (Wildman–Crippen LogP) is 6.41. The van der Waals surface area contributed by atoms with Crippen molar-refractivity contribution in [3.8, 4) is 35.4 Å². The maximum absolute atomic E-state index is 16.4. The van der Waals surface area contributed by atoms with E-state index >= 15 is 4.39 Å². The van der Waals surface area contributed by atoms with Crippen LogP contribution < -0.4 is 4.74 Å². The van der Waals surface area contributed by atoms with Gasteiger partial charge in [-0.05, 0) is 55.8 Å².